The maximum Gasteiger partial charge on any atom is 0.293 e. The topological polar surface area (TPSA) is 166 Å². The number of rotatable bonds is 10. The highest BCUT2D eigenvalue weighted by Crippen LogP contribution is 2.29. The second-order valence-corrected chi connectivity index (χ2v) is 10.5. The molecule has 0 saturated carbocycles. The van der Waals surface area contributed by atoms with Gasteiger partial charge < -0.3 is 30.3 Å². The minimum absolute atomic E-state index is 0.0998. The lowest BCUT2D eigenvalue weighted by Gasteiger charge is -2.32. The van der Waals surface area contributed by atoms with Crippen LogP contribution in [0.15, 0.2) is 23.1 Å². The van der Waals surface area contributed by atoms with Crippen molar-refractivity contribution in [2.45, 2.75) is 42.7 Å². The van der Waals surface area contributed by atoms with Crippen LogP contribution >= 0.6 is 0 Å². The summed E-state index contributed by atoms with van der Waals surface area (Å²) in [6, 6.07) is 4.20. The van der Waals surface area contributed by atoms with E-state index in [2.05, 4.69) is 15.1 Å². The second-order valence-electron chi connectivity index (χ2n) is 8.91. The molecule has 0 spiro atoms. The second kappa shape index (κ2) is 14.6. The number of benzene rings is 1. The summed E-state index contributed by atoms with van der Waals surface area (Å²) in [7, 11) is -0.565. The molecule has 2 saturated heterocycles. The molecule has 2 aliphatic heterocycles. The van der Waals surface area contributed by atoms with Crippen LogP contribution in [0, 0.1) is 10.1 Å². The molecule has 0 aliphatic carbocycles. The first-order valence-corrected chi connectivity index (χ1v) is 13.4. The number of nitro groups is 1. The normalized spacial score (nSPS) is 18.6. The van der Waals surface area contributed by atoms with Crippen molar-refractivity contribution in [2.75, 3.05) is 72.0 Å². The smallest absolute Gasteiger partial charge is 0.293 e. The van der Waals surface area contributed by atoms with Gasteiger partial charge in [0.15, 0.2) is 0 Å². The van der Waals surface area contributed by atoms with Gasteiger partial charge in [0.25, 0.3) is 5.69 Å². The first kappa shape index (κ1) is 29.4. The zero-order chi connectivity index (χ0) is 25.8. The highest BCUT2D eigenvalue weighted by atomic mass is 32.2. The summed E-state index contributed by atoms with van der Waals surface area (Å²) in [6.07, 6.45) is 3.98. The van der Waals surface area contributed by atoms with Crippen molar-refractivity contribution in [1.82, 2.24) is 9.80 Å². The molecule has 0 aromatic heterocycles. The van der Waals surface area contributed by atoms with E-state index in [1.165, 1.54) is 12.1 Å². The zero-order valence-corrected chi connectivity index (χ0v) is 21.5. The van der Waals surface area contributed by atoms with Crippen LogP contribution < -0.4 is 16.2 Å². The van der Waals surface area contributed by atoms with Crippen molar-refractivity contribution in [3.05, 3.63) is 28.3 Å². The Morgan fingerprint density at radius 1 is 1.03 bits per heavy atom. The Hall–Kier alpha value is -1.87. The van der Waals surface area contributed by atoms with Gasteiger partial charge in [-0.15, -0.1) is 0 Å². The number of nitrogens with zero attached hydrogens (tertiary/aromatic N) is 3. The molecule has 13 heteroatoms. The van der Waals surface area contributed by atoms with Gasteiger partial charge in [0.05, 0.1) is 23.0 Å². The number of nitro benzene ring substituents is 1. The van der Waals surface area contributed by atoms with Gasteiger partial charge in [-0.05, 0) is 50.9 Å². The lowest BCUT2D eigenvalue weighted by Crippen LogP contribution is -2.40. The predicted molar refractivity (Wildman–Crippen MR) is 135 cm³/mol. The van der Waals surface area contributed by atoms with Crippen LogP contribution in [0.5, 0.6) is 0 Å². The highest BCUT2D eigenvalue weighted by molar-refractivity contribution is 7.89. The summed E-state index contributed by atoms with van der Waals surface area (Å²) in [4.78, 5) is 15.0. The number of primary sulfonamides is 1. The fourth-order valence-corrected chi connectivity index (χ4v) is 4.63. The van der Waals surface area contributed by atoms with E-state index in [0.29, 0.717) is 18.3 Å². The van der Waals surface area contributed by atoms with E-state index in [0.717, 1.165) is 77.6 Å². The SMILES string of the molecule is COCCN1CCC(N)CC1.COCCN1CCC(Nc2ccc(S(N)(=O)=O)cc2[N+](=O)[O-])CC1. The van der Waals surface area contributed by atoms with Crippen molar-refractivity contribution < 1.29 is 22.8 Å². The van der Waals surface area contributed by atoms with Gasteiger partial charge in [0.2, 0.25) is 10.0 Å². The number of nitrogens with two attached hydrogens (primary N) is 2. The maximum atomic E-state index is 11.4. The number of sulfonamides is 1. The van der Waals surface area contributed by atoms with Crippen molar-refractivity contribution in [3.63, 3.8) is 0 Å². The molecule has 1 aromatic carbocycles. The van der Waals surface area contributed by atoms with E-state index in [9.17, 15) is 18.5 Å². The summed E-state index contributed by atoms with van der Waals surface area (Å²) in [5.41, 5.74) is 5.79. The largest absolute Gasteiger partial charge is 0.383 e. The van der Waals surface area contributed by atoms with Gasteiger partial charge >= 0.3 is 0 Å². The van der Waals surface area contributed by atoms with Crippen LogP contribution in [-0.2, 0) is 19.5 Å². The van der Waals surface area contributed by atoms with Gasteiger partial charge in [-0.2, -0.15) is 0 Å². The predicted octanol–water partition coefficient (Wildman–Crippen LogP) is 0.821. The molecule has 2 heterocycles. The average Bonchev–Trinajstić information content (AvgIpc) is 2.83. The number of ether oxygens (including phenoxy) is 2. The van der Waals surface area contributed by atoms with Gasteiger partial charge in [0, 0.05) is 58.5 Å². The number of methoxy groups -OCH3 is 2. The third-order valence-corrected chi connectivity index (χ3v) is 7.21. The summed E-state index contributed by atoms with van der Waals surface area (Å²) < 4.78 is 32.8. The molecule has 5 N–H and O–H groups in total. The molecule has 0 radical (unpaired) electrons. The van der Waals surface area contributed by atoms with E-state index < -0.39 is 14.9 Å². The number of anilines is 1. The van der Waals surface area contributed by atoms with Crippen molar-refractivity contribution in [3.8, 4) is 0 Å². The first-order chi connectivity index (χ1) is 16.6. The zero-order valence-electron chi connectivity index (χ0n) is 20.7. The molecule has 0 bridgehead atoms. The minimum Gasteiger partial charge on any atom is -0.383 e. The molecule has 3 rings (SSSR count). The highest BCUT2D eigenvalue weighted by Gasteiger charge is 2.24. The Morgan fingerprint density at radius 2 is 1.54 bits per heavy atom. The van der Waals surface area contributed by atoms with Crippen LogP contribution in [0.1, 0.15) is 25.7 Å². The monoisotopic (exact) mass is 516 g/mol. The molecule has 12 nitrogen and oxygen atoms in total. The number of hydrogen-bond acceptors (Lipinski definition) is 10. The summed E-state index contributed by atoms with van der Waals surface area (Å²) >= 11 is 0. The van der Waals surface area contributed by atoms with E-state index >= 15 is 0 Å². The molecule has 35 heavy (non-hydrogen) atoms. The maximum absolute atomic E-state index is 11.4. The Kier molecular flexibility index (Phi) is 12.3. The first-order valence-electron chi connectivity index (χ1n) is 11.9. The Labute approximate surface area is 208 Å². The molecule has 2 fully saturated rings. The number of nitrogens with one attached hydrogen (secondary N) is 1. The lowest BCUT2D eigenvalue weighted by atomic mass is 10.0. The van der Waals surface area contributed by atoms with Crippen LogP contribution in [-0.4, -0.2) is 102 Å². The number of likely N-dealkylation sites (tertiary alicyclic amines) is 2. The van der Waals surface area contributed by atoms with Gasteiger partial charge in [-0.25, -0.2) is 13.6 Å². The third kappa shape index (κ3) is 10.3. The van der Waals surface area contributed by atoms with Crippen molar-refractivity contribution in [2.24, 2.45) is 10.9 Å². The van der Waals surface area contributed by atoms with Crippen molar-refractivity contribution in [1.29, 1.82) is 0 Å². The molecule has 200 valence electrons. The summed E-state index contributed by atoms with van der Waals surface area (Å²) in [5, 5.41) is 19.4. The quantitative estimate of drug-likeness (QED) is 0.299. The molecule has 1 aromatic rings. The fourth-order valence-electron chi connectivity index (χ4n) is 4.10. The van der Waals surface area contributed by atoms with Crippen LogP contribution in [0.4, 0.5) is 11.4 Å². The van der Waals surface area contributed by atoms with Gasteiger partial charge in [0.1, 0.15) is 5.69 Å². The number of hydrogen-bond donors (Lipinski definition) is 3. The molecule has 0 amide bonds. The van der Waals surface area contributed by atoms with Crippen molar-refractivity contribution >= 4 is 21.4 Å². The van der Waals surface area contributed by atoms with Gasteiger partial charge in [-0.1, -0.05) is 0 Å². The summed E-state index contributed by atoms with van der Waals surface area (Å²) in [6.45, 7) is 7.49. The third-order valence-electron chi connectivity index (χ3n) is 6.30. The molecule has 2 aliphatic rings. The van der Waals surface area contributed by atoms with Crippen LogP contribution in [0.25, 0.3) is 0 Å². The Bertz CT molecular complexity index is 884. The standard InChI is InChI=1S/C14H22N4O5S.C8H18N2O/c1-23-9-8-17-6-4-11(5-7-17)16-13-3-2-12(24(15,21)22)10-14(13)18(19)20;1-11-7-6-10-4-2-8(9)3-5-10/h2-3,10-11,16H,4-9H2,1H3,(H2,15,21,22);8H,2-7,9H2,1H3. The Morgan fingerprint density at radius 3 is 2.00 bits per heavy atom. The Balaban J connectivity index is 0.000000328. The van der Waals surface area contributed by atoms with E-state index in [4.69, 9.17) is 20.3 Å². The van der Waals surface area contributed by atoms with Crippen LogP contribution in [0.2, 0.25) is 0 Å². The van der Waals surface area contributed by atoms with E-state index in [-0.39, 0.29) is 16.6 Å². The average molecular weight is 517 g/mol. The molecule has 0 unspecified atom stereocenters. The molecule has 0 atom stereocenters. The van der Waals surface area contributed by atoms with E-state index in [1.54, 1.807) is 14.2 Å². The summed E-state index contributed by atoms with van der Waals surface area (Å²) in [5.74, 6) is 0. The molecular weight excluding hydrogens is 476 g/mol. The number of piperidine rings is 2. The lowest BCUT2D eigenvalue weighted by molar-refractivity contribution is -0.384. The fraction of sp³-hybridized carbons (Fsp3) is 0.727. The van der Waals surface area contributed by atoms with Crippen LogP contribution in [0.3, 0.4) is 0 Å². The van der Waals surface area contributed by atoms with Gasteiger partial charge in [-0.3, -0.25) is 10.1 Å². The minimum atomic E-state index is -3.98. The molecular formula is C22H40N6O6S. The van der Waals surface area contributed by atoms with E-state index in [1.807, 2.05) is 0 Å².